The minimum absolute atomic E-state index is 0.0391. The molecule has 376 valence electrons. The number of aryl methyl sites for hydroxylation is 1. The summed E-state index contributed by atoms with van der Waals surface area (Å²) in [5.41, 5.74) is 18.5. The summed E-state index contributed by atoms with van der Waals surface area (Å²) in [5, 5.41) is 5.53. The summed E-state index contributed by atoms with van der Waals surface area (Å²) in [7, 11) is 0. The lowest BCUT2D eigenvalue weighted by Crippen LogP contribution is -2.17. The van der Waals surface area contributed by atoms with Gasteiger partial charge in [-0.3, -0.25) is 9.97 Å². The van der Waals surface area contributed by atoms with Gasteiger partial charge < -0.3 is 27.0 Å². The van der Waals surface area contributed by atoms with Gasteiger partial charge in [-0.15, -0.1) is 0 Å². The summed E-state index contributed by atoms with van der Waals surface area (Å²) in [6.07, 6.45) is 16.6. The van der Waals surface area contributed by atoms with Crippen LogP contribution in [0.15, 0.2) is 202 Å². The van der Waals surface area contributed by atoms with Gasteiger partial charge in [-0.25, -0.2) is 15.0 Å². The number of pyridine rings is 2. The van der Waals surface area contributed by atoms with Gasteiger partial charge in [0.05, 0.1) is 52.5 Å². The van der Waals surface area contributed by atoms with Gasteiger partial charge in [0.25, 0.3) is 0 Å². The predicted molar refractivity (Wildman–Crippen MR) is 310 cm³/mol. The standard InChI is InChI=1S/C67H50N8O3/c1-38(2)73-41(5)40(4)72-65(73)45-13-10-16-48(31-45)74-58-18-7-6-17-50(58)55-32-43(19-20-59(55)74)53-35-57-56-34-49(75-60-36-68-23-21-51(60)52-22-24-69-37-61(52)75)33-54(42-11-8-14-46(29-42)66-70-25-27-76-66)63(56)78-64(57)62(39(53)3)44-12-9-15-47(30-44)67-71-26-28-77-67/h6-39,62H,1-5H3. The maximum Gasteiger partial charge on any atom is 0.225 e. The number of para-hydroxylation sites is 1. The predicted octanol–water partition coefficient (Wildman–Crippen LogP) is 16.8. The van der Waals surface area contributed by atoms with E-state index in [1.54, 1.807) is 24.9 Å². The molecule has 6 aromatic carbocycles. The summed E-state index contributed by atoms with van der Waals surface area (Å²) in [4.78, 5) is 23.5. The van der Waals surface area contributed by atoms with Crippen molar-refractivity contribution < 1.29 is 13.3 Å². The Hall–Kier alpha value is -9.87. The summed E-state index contributed by atoms with van der Waals surface area (Å²) in [6.45, 7) is 11.0. The van der Waals surface area contributed by atoms with Crippen LogP contribution in [0, 0.1) is 19.8 Å². The number of rotatable bonds is 9. The maximum atomic E-state index is 7.49. The van der Waals surface area contributed by atoms with Crippen molar-refractivity contribution in [2.24, 2.45) is 5.92 Å². The van der Waals surface area contributed by atoms with Gasteiger partial charge in [0.15, 0.2) is 0 Å². The fraction of sp³-hybridized carbons (Fsp3) is 0.119. The number of benzene rings is 6. The SMILES string of the molecule is Cc1nc(-c2cccc(-n3c4ccccc4c4cc(C5=Cc6c(oc7c(-c8cccc(-c9ncco9)c8)cc(-n8c9cnccc9c9ccncc98)cc67)C(c6cccc(-c7ncco7)c6)C5C)ccc43)c2)n(C(C)C)c1C. The first kappa shape index (κ1) is 45.5. The van der Waals surface area contributed by atoms with E-state index in [2.05, 4.69) is 208 Å². The first-order chi connectivity index (χ1) is 38.3. The lowest BCUT2D eigenvalue weighted by Gasteiger charge is -2.30. The second-order valence-electron chi connectivity index (χ2n) is 20.8. The molecule has 8 heterocycles. The van der Waals surface area contributed by atoms with Crippen LogP contribution in [0.3, 0.4) is 0 Å². The van der Waals surface area contributed by atoms with Gasteiger partial charge in [0, 0.05) is 96.2 Å². The molecule has 78 heavy (non-hydrogen) atoms. The van der Waals surface area contributed by atoms with Gasteiger partial charge in [-0.05, 0) is 141 Å². The summed E-state index contributed by atoms with van der Waals surface area (Å²) in [6, 6.07) is 50.4. The Morgan fingerprint density at radius 2 is 1.21 bits per heavy atom. The monoisotopic (exact) mass is 1010 g/mol. The lowest BCUT2D eigenvalue weighted by molar-refractivity contribution is 0.476. The van der Waals surface area contributed by atoms with E-state index in [0.717, 1.165) is 117 Å². The number of hydrogen-bond acceptors (Lipinski definition) is 8. The summed E-state index contributed by atoms with van der Waals surface area (Å²) >= 11 is 0. The molecule has 0 radical (unpaired) electrons. The number of fused-ring (bicyclic) bond motifs is 9. The van der Waals surface area contributed by atoms with E-state index in [-0.39, 0.29) is 17.9 Å². The minimum atomic E-state index is -0.204. The second-order valence-corrected chi connectivity index (χ2v) is 20.8. The number of furan rings is 1. The molecule has 11 heteroatoms. The van der Waals surface area contributed by atoms with Crippen molar-refractivity contribution >= 4 is 66.2 Å². The summed E-state index contributed by atoms with van der Waals surface area (Å²) in [5.74, 6) is 2.74. The smallest absolute Gasteiger partial charge is 0.225 e. The highest BCUT2D eigenvalue weighted by molar-refractivity contribution is 6.12. The highest BCUT2D eigenvalue weighted by atomic mass is 16.3. The van der Waals surface area contributed by atoms with Crippen LogP contribution in [-0.4, -0.2) is 38.6 Å². The van der Waals surface area contributed by atoms with E-state index in [1.165, 1.54) is 22.0 Å². The highest BCUT2D eigenvalue weighted by Crippen LogP contribution is 2.52. The molecule has 0 amide bonds. The molecule has 8 aromatic heterocycles. The highest BCUT2D eigenvalue weighted by Gasteiger charge is 2.36. The van der Waals surface area contributed by atoms with Crippen LogP contribution in [0.1, 0.15) is 66.6 Å². The molecule has 15 rings (SSSR count). The quantitative estimate of drug-likeness (QED) is 0.140. The molecule has 0 spiro atoms. The first-order valence-electron chi connectivity index (χ1n) is 26.5. The Morgan fingerprint density at radius 1 is 0.538 bits per heavy atom. The third kappa shape index (κ3) is 7.00. The van der Waals surface area contributed by atoms with E-state index < -0.39 is 0 Å². The molecule has 0 saturated carbocycles. The van der Waals surface area contributed by atoms with E-state index in [1.807, 2.05) is 30.9 Å². The van der Waals surface area contributed by atoms with Gasteiger partial charge in [-0.1, -0.05) is 67.6 Å². The van der Waals surface area contributed by atoms with E-state index in [9.17, 15) is 0 Å². The Bertz CT molecular complexity index is 4670. The van der Waals surface area contributed by atoms with Crippen LogP contribution in [0.5, 0.6) is 0 Å². The average Bonchev–Trinajstić information content (AvgIpc) is 4.45. The molecule has 11 nitrogen and oxygen atoms in total. The molecule has 0 bridgehead atoms. The Balaban J connectivity index is 0.972. The van der Waals surface area contributed by atoms with Crippen molar-refractivity contribution in [3.05, 3.63) is 223 Å². The molecule has 1 aliphatic carbocycles. The van der Waals surface area contributed by atoms with Crippen LogP contribution in [0.2, 0.25) is 0 Å². The third-order valence-corrected chi connectivity index (χ3v) is 16.1. The average molecular weight is 1020 g/mol. The fourth-order valence-corrected chi connectivity index (χ4v) is 12.5. The van der Waals surface area contributed by atoms with Crippen LogP contribution in [0.4, 0.5) is 0 Å². The number of aromatic nitrogens is 8. The van der Waals surface area contributed by atoms with Crippen molar-refractivity contribution in [2.75, 3.05) is 0 Å². The van der Waals surface area contributed by atoms with Crippen molar-refractivity contribution in [2.45, 2.75) is 46.6 Å². The number of hydrogen-bond donors (Lipinski definition) is 0. The summed E-state index contributed by atoms with van der Waals surface area (Å²) < 4.78 is 26.2. The molecular formula is C67H50N8O3. The molecule has 1 aliphatic rings. The molecule has 0 fully saturated rings. The molecule has 2 atom stereocenters. The van der Waals surface area contributed by atoms with Gasteiger partial charge in [0.2, 0.25) is 11.8 Å². The minimum Gasteiger partial charge on any atom is -0.459 e. The molecule has 2 unspecified atom stereocenters. The van der Waals surface area contributed by atoms with Gasteiger partial charge in [-0.2, -0.15) is 0 Å². The van der Waals surface area contributed by atoms with Crippen LogP contribution < -0.4 is 0 Å². The zero-order chi connectivity index (χ0) is 52.3. The Kier molecular flexibility index (Phi) is 10.3. The molecule has 14 aromatic rings. The third-order valence-electron chi connectivity index (χ3n) is 16.1. The lowest BCUT2D eigenvalue weighted by atomic mass is 9.73. The first-order valence-corrected chi connectivity index (χ1v) is 26.5. The molecule has 0 N–H and O–H groups in total. The zero-order valence-corrected chi connectivity index (χ0v) is 43.5. The maximum absolute atomic E-state index is 7.49. The Morgan fingerprint density at radius 3 is 1.95 bits per heavy atom. The van der Waals surface area contributed by atoms with E-state index >= 15 is 0 Å². The van der Waals surface area contributed by atoms with Crippen LogP contribution >= 0.6 is 0 Å². The van der Waals surface area contributed by atoms with Crippen LogP contribution in [-0.2, 0) is 0 Å². The number of nitrogens with zero attached hydrogens (tertiary/aromatic N) is 8. The van der Waals surface area contributed by atoms with E-state index in [0.29, 0.717) is 11.8 Å². The number of imidazole rings is 1. The largest absolute Gasteiger partial charge is 0.459 e. The number of allylic oxidation sites excluding steroid dienone is 1. The van der Waals surface area contributed by atoms with Gasteiger partial charge >= 0.3 is 0 Å². The topological polar surface area (TPSA) is 119 Å². The van der Waals surface area contributed by atoms with E-state index in [4.69, 9.17) is 18.2 Å². The van der Waals surface area contributed by atoms with Crippen molar-refractivity contribution in [3.63, 3.8) is 0 Å². The van der Waals surface area contributed by atoms with Crippen LogP contribution in [0.25, 0.3) is 123 Å². The number of oxazole rings is 2. The normalized spacial score (nSPS) is 14.7. The second kappa shape index (κ2) is 17.6. The van der Waals surface area contributed by atoms with Gasteiger partial charge in [0.1, 0.15) is 29.7 Å². The molecular weight excluding hydrogens is 965 g/mol. The van der Waals surface area contributed by atoms with Crippen molar-refractivity contribution in [3.8, 4) is 56.8 Å². The Labute approximate surface area is 448 Å². The zero-order valence-electron chi connectivity index (χ0n) is 43.5. The molecule has 0 saturated heterocycles. The fourth-order valence-electron chi connectivity index (χ4n) is 12.5. The van der Waals surface area contributed by atoms with Crippen molar-refractivity contribution in [1.82, 2.24) is 38.6 Å². The molecule has 0 aliphatic heterocycles. The van der Waals surface area contributed by atoms with Crippen molar-refractivity contribution in [1.29, 1.82) is 0 Å².